The van der Waals surface area contributed by atoms with Gasteiger partial charge in [0.25, 0.3) is 5.56 Å². The highest BCUT2D eigenvalue weighted by Crippen LogP contribution is 2.40. The highest BCUT2D eigenvalue weighted by Gasteiger charge is 2.31. The van der Waals surface area contributed by atoms with Crippen LogP contribution in [0.15, 0.2) is 29.1 Å². The maximum atomic E-state index is 12.7. The van der Waals surface area contributed by atoms with E-state index in [2.05, 4.69) is 24.3 Å². The number of aromatic nitrogens is 2. The summed E-state index contributed by atoms with van der Waals surface area (Å²) in [7, 11) is 0. The highest BCUT2D eigenvalue weighted by atomic mass is 32.2. The molecule has 2 aromatic rings. The lowest BCUT2D eigenvalue weighted by Crippen LogP contribution is -2.18. The van der Waals surface area contributed by atoms with Crippen molar-refractivity contribution in [1.29, 1.82) is 0 Å². The summed E-state index contributed by atoms with van der Waals surface area (Å²) in [4.78, 5) is 24.9. The Morgan fingerprint density at radius 1 is 1.26 bits per heavy atom. The van der Waals surface area contributed by atoms with Crippen LogP contribution in [0.2, 0.25) is 0 Å². The number of rotatable bonds is 7. The quantitative estimate of drug-likeness (QED) is 0.699. The molecule has 146 valence electrons. The van der Waals surface area contributed by atoms with Crippen LogP contribution in [-0.4, -0.2) is 28.0 Å². The number of aromatic amines is 1. The number of carbonyl (C=O) groups is 1. The van der Waals surface area contributed by atoms with E-state index in [1.165, 1.54) is 11.8 Å². The van der Waals surface area contributed by atoms with E-state index in [1.54, 1.807) is 4.68 Å². The van der Waals surface area contributed by atoms with Crippen LogP contribution in [0.3, 0.4) is 0 Å². The van der Waals surface area contributed by atoms with Crippen molar-refractivity contribution in [3.8, 4) is 5.75 Å². The van der Waals surface area contributed by atoms with Crippen LogP contribution in [0.25, 0.3) is 0 Å². The standard InChI is InChI=1S/C20H27N3O3S/c1-4-6-11-26-15-9-7-14(8-10-15)18-17-19(21-16(24)12-27-18)23(13(3)5-2)22-20(17)25/h7-10,13,18H,4-6,11-12H2,1-3H3,(H,21,24)(H,22,25). The first-order valence-corrected chi connectivity index (χ1v) is 10.6. The summed E-state index contributed by atoms with van der Waals surface area (Å²) in [6.45, 7) is 6.91. The molecular weight excluding hydrogens is 362 g/mol. The molecule has 27 heavy (non-hydrogen) atoms. The van der Waals surface area contributed by atoms with E-state index in [1.807, 2.05) is 31.2 Å². The lowest BCUT2D eigenvalue weighted by Gasteiger charge is -2.16. The van der Waals surface area contributed by atoms with E-state index in [0.29, 0.717) is 23.7 Å². The van der Waals surface area contributed by atoms with Crippen molar-refractivity contribution in [2.24, 2.45) is 0 Å². The number of nitrogens with one attached hydrogen (secondary N) is 2. The van der Waals surface area contributed by atoms with Crippen molar-refractivity contribution >= 4 is 23.5 Å². The van der Waals surface area contributed by atoms with Gasteiger partial charge in [-0.2, -0.15) is 0 Å². The molecule has 1 aromatic heterocycles. The van der Waals surface area contributed by atoms with Gasteiger partial charge in [-0.3, -0.25) is 19.4 Å². The van der Waals surface area contributed by atoms with Crippen LogP contribution in [-0.2, 0) is 4.79 Å². The van der Waals surface area contributed by atoms with Crippen LogP contribution in [0, 0.1) is 0 Å². The maximum Gasteiger partial charge on any atom is 0.270 e. The number of benzene rings is 1. The van der Waals surface area contributed by atoms with Gasteiger partial charge in [-0.1, -0.05) is 32.4 Å². The molecule has 7 heteroatoms. The third-order valence-electron chi connectivity index (χ3n) is 4.84. The van der Waals surface area contributed by atoms with E-state index in [0.717, 1.165) is 30.6 Å². The molecular formula is C20H27N3O3S. The molecule has 3 rings (SSSR count). The minimum Gasteiger partial charge on any atom is -0.494 e. The summed E-state index contributed by atoms with van der Waals surface area (Å²) in [6.07, 6.45) is 2.97. The van der Waals surface area contributed by atoms with E-state index < -0.39 is 0 Å². The Morgan fingerprint density at radius 2 is 2.00 bits per heavy atom. The molecule has 0 spiro atoms. The number of hydrogen-bond donors (Lipinski definition) is 2. The van der Waals surface area contributed by atoms with Gasteiger partial charge >= 0.3 is 0 Å². The molecule has 0 saturated carbocycles. The summed E-state index contributed by atoms with van der Waals surface area (Å²) in [6, 6.07) is 7.94. The molecule has 2 heterocycles. The second kappa shape index (κ2) is 8.69. The van der Waals surface area contributed by atoms with Crippen LogP contribution in [0.5, 0.6) is 5.75 Å². The second-order valence-corrected chi connectivity index (χ2v) is 7.93. The molecule has 2 unspecified atom stereocenters. The lowest BCUT2D eigenvalue weighted by atomic mass is 10.1. The topological polar surface area (TPSA) is 76.1 Å². The minimum atomic E-state index is -0.197. The third kappa shape index (κ3) is 4.24. The van der Waals surface area contributed by atoms with Crippen molar-refractivity contribution in [3.05, 3.63) is 45.7 Å². The molecule has 2 N–H and O–H groups in total. The lowest BCUT2D eigenvalue weighted by molar-refractivity contribution is -0.113. The van der Waals surface area contributed by atoms with Crippen molar-refractivity contribution < 1.29 is 9.53 Å². The van der Waals surface area contributed by atoms with Crippen LogP contribution in [0.1, 0.15) is 62.5 Å². The van der Waals surface area contributed by atoms with Gasteiger partial charge in [0.2, 0.25) is 5.91 Å². The first-order valence-electron chi connectivity index (χ1n) is 9.53. The summed E-state index contributed by atoms with van der Waals surface area (Å²) < 4.78 is 7.52. The van der Waals surface area contributed by atoms with Gasteiger partial charge in [0.1, 0.15) is 11.6 Å². The van der Waals surface area contributed by atoms with Crippen molar-refractivity contribution in [1.82, 2.24) is 9.78 Å². The molecule has 0 radical (unpaired) electrons. The first-order chi connectivity index (χ1) is 13.0. The van der Waals surface area contributed by atoms with Crippen molar-refractivity contribution in [2.45, 2.75) is 51.3 Å². The Kier molecular flexibility index (Phi) is 6.31. The average Bonchev–Trinajstić information content (AvgIpc) is 2.88. The molecule has 1 aliphatic rings. The fourth-order valence-electron chi connectivity index (χ4n) is 3.09. The van der Waals surface area contributed by atoms with E-state index in [9.17, 15) is 9.59 Å². The molecule has 0 fully saturated rings. The van der Waals surface area contributed by atoms with Crippen molar-refractivity contribution in [2.75, 3.05) is 17.7 Å². The van der Waals surface area contributed by atoms with Crippen LogP contribution < -0.4 is 15.6 Å². The normalized spacial score (nSPS) is 17.7. The zero-order valence-electron chi connectivity index (χ0n) is 16.1. The monoisotopic (exact) mass is 389 g/mol. The van der Waals surface area contributed by atoms with E-state index in [4.69, 9.17) is 4.74 Å². The molecule has 0 bridgehead atoms. The summed E-state index contributed by atoms with van der Waals surface area (Å²) in [5.74, 6) is 1.65. The van der Waals surface area contributed by atoms with E-state index in [-0.39, 0.29) is 22.8 Å². The molecule has 0 saturated heterocycles. The van der Waals surface area contributed by atoms with Gasteiger partial charge in [0.15, 0.2) is 0 Å². The van der Waals surface area contributed by atoms with Gasteiger partial charge < -0.3 is 10.1 Å². The average molecular weight is 390 g/mol. The van der Waals surface area contributed by atoms with Gasteiger partial charge in [-0.15, -0.1) is 11.8 Å². The summed E-state index contributed by atoms with van der Waals surface area (Å²) >= 11 is 1.48. The Labute approximate surface area is 163 Å². The predicted molar refractivity (Wildman–Crippen MR) is 110 cm³/mol. The second-order valence-electron chi connectivity index (χ2n) is 6.84. The van der Waals surface area contributed by atoms with Gasteiger partial charge in [0.05, 0.1) is 23.2 Å². The molecule has 0 aliphatic carbocycles. The van der Waals surface area contributed by atoms with Crippen molar-refractivity contribution in [3.63, 3.8) is 0 Å². The zero-order chi connectivity index (χ0) is 19.4. The SMILES string of the molecule is CCCCOc1ccc(C2SCC(=O)Nc3c2c(=O)[nH]n3C(C)CC)cc1. The number of thioether (sulfide) groups is 1. The number of hydrogen-bond acceptors (Lipinski definition) is 4. The number of ether oxygens (including phenoxy) is 1. The molecule has 1 aromatic carbocycles. The molecule has 2 atom stereocenters. The summed E-state index contributed by atoms with van der Waals surface area (Å²) in [5.41, 5.74) is 1.46. The Balaban J connectivity index is 1.94. The number of amides is 1. The number of fused-ring (bicyclic) bond motifs is 1. The Morgan fingerprint density at radius 3 is 2.67 bits per heavy atom. The van der Waals surface area contributed by atoms with Gasteiger partial charge in [0, 0.05) is 6.04 Å². The van der Waals surface area contributed by atoms with Crippen LogP contribution in [0.4, 0.5) is 5.82 Å². The molecule has 6 nitrogen and oxygen atoms in total. The van der Waals surface area contributed by atoms with Gasteiger partial charge in [-0.25, -0.2) is 0 Å². The smallest absolute Gasteiger partial charge is 0.270 e. The zero-order valence-corrected chi connectivity index (χ0v) is 16.9. The molecule has 1 amide bonds. The minimum absolute atomic E-state index is 0.0840. The first kappa shape index (κ1) is 19.6. The van der Waals surface area contributed by atoms with Gasteiger partial charge in [-0.05, 0) is 37.5 Å². The fraction of sp³-hybridized carbons (Fsp3) is 0.500. The summed E-state index contributed by atoms with van der Waals surface area (Å²) in [5, 5.41) is 5.63. The third-order valence-corrected chi connectivity index (χ3v) is 6.11. The molecule has 1 aliphatic heterocycles. The maximum absolute atomic E-state index is 12.7. The Hall–Kier alpha value is -2.15. The number of anilines is 1. The Bertz CT molecular complexity index is 841. The van der Waals surface area contributed by atoms with Crippen LogP contribution >= 0.6 is 11.8 Å². The number of nitrogens with zero attached hydrogens (tertiary/aromatic N) is 1. The fourth-order valence-corrected chi connectivity index (χ4v) is 4.22. The predicted octanol–water partition coefficient (Wildman–Crippen LogP) is 4.10. The van der Waals surface area contributed by atoms with E-state index >= 15 is 0 Å². The number of unbranched alkanes of at least 4 members (excludes halogenated alkanes) is 1. The number of H-pyrrole nitrogens is 1. The number of carbonyl (C=O) groups excluding carboxylic acids is 1. The highest BCUT2D eigenvalue weighted by molar-refractivity contribution is 8.00. The largest absolute Gasteiger partial charge is 0.494 e.